The summed E-state index contributed by atoms with van der Waals surface area (Å²) in [5.74, 6) is 0. The number of hydrogen-bond acceptors (Lipinski definition) is 2. The molecule has 0 saturated heterocycles. The van der Waals surface area contributed by atoms with Gasteiger partial charge in [0.05, 0.1) is 6.07 Å². The summed E-state index contributed by atoms with van der Waals surface area (Å²) >= 11 is 4.96. The van der Waals surface area contributed by atoms with E-state index in [1.54, 1.807) is 17.4 Å². The molecule has 0 fully saturated rings. The molecule has 0 amide bonds. The summed E-state index contributed by atoms with van der Waals surface area (Å²) in [7, 11) is 0. The van der Waals surface area contributed by atoms with Crippen LogP contribution in [0.25, 0.3) is 6.08 Å². The van der Waals surface area contributed by atoms with Crippen molar-refractivity contribution in [1.29, 1.82) is 5.26 Å². The molecule has 0 aliphatic rings. The van der Waals surface area contributed by atoms with Gasteiger partial charge in [-0.2, -0.15) is 16.6 Å². The molecule has 0 aromatic carbocycles. The number of thiophene rings is 1. The van der Waals surface area contributed by atoms with Crippen molar-refractivity contribution >= 4 is 33.3 Å². The smallest absolute Gasteiger partial charge is 0.0912 e. The summed E-state index contributed by atoms with van der Waals surface area (Å²) in [6.45, 7) is 0. The summed E-state index contributed by atoms with van der Waals surface area (Å²) in [6.07, 6.45) is 3.24. The van der Waals surface area contributed by atoms with E-state index in [9.17, 15) is 0 Å². The fourth-order valence-corrected chi connectivity index (χ4v) is 1.93. The molecule has 1 heterocycles. The summed E-state index contributed by atoms with van der Waals surface area (Å²) in [6, 6.07) is 1.94. The Labute approximate surface area is 71.7 Å². The quantitative estimate of drug-likeness (QED) is 0.659. The van der Waals surface area contributed by atoms with Crippen LogP contribution in [0.2, 0.25) is 0 Å². The van der Waals surface area contributed by atoms with Crippen LogP contribution in [-0.4, -0.2) is 0 Å². The van der Waals surface area contributed by atoms with Crippen molar-refractivity contribution < 1.29 is 0 Å². The van der Waals surface area contributed by atoms with Gasteiger partial charge in [0.2, 0.25) is 0 Å². The highest BCUT2D eigenvalue weighted by atomic mass is 79.9. The first-order valence-electron chi connectivity index (χ1n) is 2.62. The maximum absolute atomic E-state index is 8.21. The zero-order valence-electron chi connectivity index (χ0n) is 5.04. The van der Waals surface area contributed by atoms with Crippen LogP contribution in [0.5, 0.6) is 0 Å². The Hall–Kier alpha value is -0.590. The van der Waals surface area contributed by atoms with E-state index >= 15 is 0 Å². The predicted octanol–water partition coefficient (Wildman–Crippen LogP) is 3.05. The van der Waals surface area contributed by atoms with Crippen LogP contribution in [0.3, 0.4) is 0 Å². The van der Waals surface area contributed by atoms with E-state index in [0.29, 0.717) is 0 Å². The zero-order valence-corrected chi connectivity index (χ0v) is 7.45. The van der Waals surface area contributed by atoms with Gasteiger partial charge in [-0.3, -0.25) is 0 Å². The fraction of sp³-hybridized carbons (Fsp3) is 0. The van der Waals surface area contributed by atoms with Gasteiger partial charge in [-0.25, -0.2) is 0 Å². The maximum atomic E-state index is 8.21. The lowest BCUT2D eigenvalue weighted by Crippen LogP contribution is -1.61. The van der Waals surface area contributed by atoms with Crippen molar-refractivity contribution in [2.45, 2.75) is 0 Å². The van der Waals surface area contributed by atoms with E-state index in [0.717, 1.165) is 10.0 Å². The second-order valence-corrected chi connectivity index (χ2v) is 3.24. The van der Waals surface area contributed by atoms with Crippen molar-refractivity contribution in [1.82, 2.24) is 0 Å². The second kappa shape index (κ2) is 3.55. The topological polar surface area (TPSA) is 23.8 Å². The van der Waals surface area contributed by atoms with Gasteiger partial charge in [-0.1, -0.05) is 0 Å². The Bertz CT molecular complexity index is 282. The second-order valence-electron chi connectivity index (χ2n) is 1.64. The summed E-state index contributed by atoms with van der Waals surface area (Å²) in [5, 5.41) is 12.2. The normalized spacial score (nSPS) is 10.0. The molecule has 50 valence electrons. The third-order valence-corrected chi connectivity index (χ3v) is 2.73. The van der Waals surface area contributed by atoms with Gasteiger partial charge >= 0.3 is 0 Å². The van der Waals surface area contributed by atoms with Crippen LogP contribution < -0.4 is 0 Å². The number of rotatable bonds is 1. The van der Waals surface area contributed by atoms with Crippen LogP contribution in [0.15, 0.2) is 21.3 Å². The first-order chi connectivity index (χ1) is 4.84. The fourth-order valence-electron chi connectivity index (χ4n) is 0.537. The Balaban J connectivity index is 2.87. The lowest BCUT2D eigenvalue weighted by Gasteiger charge is -1.82. The van der Waals surface area contributed by atoms with Crippen molar-refractivity contribution in [2.75, 3.05) is 0 Å². The molecule has 0 radical (unpaired) electrons. The van der Waals surface area contributed by atoms with E-state index in [1.807, 2.05) is 16.8 Å². The van der Waals surface area contributed by atoms with Gasteiger partial charge in [0.15, 0.2) is 0 Å². The van der Waals surface area contributed by atoms with Crippen LogP contribution in [0, 0.1) is 11.3 Å². The Kier molecular flexibility index (Phi) is 2.67. The average Bonchev–Trinajstić information content (AvgIpc) is 2.31. The summed E-state index contributed by atoms with van der Waals surface area (Å²) < 4.78 is 1.05. The highest BCUT2D eigenvalue weighted by molar-refractivity contribution is 9.10. The average molecular weight is 214 g/mol. The van der Waals surface area contributed by atoms with Gasteiger partial charge in [0, 0.05) is 21.5 Å². The largest absolute Gasteiger partial charge is 0.193 e. The molecular weight excluding hydrogens is 210 g/mol. The minimum absolute atomic E-state index is 1.05. The highest BCUT2D eigenvalue weighted by Gasteiger charge is 1.93. The van der Waals surface area contributed by atoms with Crippen LogP contribution in [-0.2, 0) is 0 Å². The third-order valence-electron chi connectivity index (χ3n) is 0.980. The minimum Gasteiger partial charge on any atom is -0.193 e. The summed E-state index contributed by atoms with van der Waals surface area (Å²) in [5.41, 5.74) is 1.06. The Morgan fingerprint density at radius 3 is 2.90 bits per heavy atom. The first-order valence-corrected chi connectivity index (χ1v) is 4.36. The van der Waals surface area contributed by atoms with Gasteiger partial charge in [-0.15, -0.1) is 0 Å². The molecule has 0 N–H and O–H groups in total. The van der Waals surface area contributed by atoms with Gasteiger partial charge < -0.3 is 0 Å². The molecular formula is C7H4BrNS. The van der Waals surface area contributed by atoms with Crippen molar-refractivity contribution in [3.63, 3.8) is 0 Å². The van der Waals surface area contributed by atoms with Crippen molar-refractivity contribution in [3.8, 4) is 6.07 Å². The molecule has 0 aliphatic heterocycles. The van der Waals surface area contributed by atoms with Crippen LogP contribution >= 0.6 is 27.3 Å². The van der Waals surface area contributed by atoms with Gasteiger partial charge in [0.25, 0.3) is 0 Å². The molecule has 3 heteroatoms. The lowest BCUT2D eigenvalue weighted by molar-refractivity contribution is 1.54. The molecule has 0 unspecified atom stereocenters. The van der Waals surface area contributed by atoms with Crippen LogP contribution in [0.1, 0.15) is 5.56 Å². The predicted molar refractivity (Wildman–Crippen MR) is 46.7 cm³/mol. The lowest BCUT2D eigenvalue weighted by atomic mass is 10.3. The van der Waals surface area contributed by atoms with Crippen molar-refractivity contribution in [3.05, 3.63) is 26.9 Å². The maximum Gasteiger partial charge on any atom is 0.0912 e. The van der Waals surface area contributed by atoms with E-state index < -0.39 is 0 Å². The molecule has 1 rings (SSSR count). The molecule has 10 heavy (non-hydrogen) atoms. The zero-order chi connectivity index (χ0) is 7.40. The van der Waals surface area contributed by atoms with E-state index in [2.05, 4.69) is 15.9 Å². The van der Waals surface area contributed by atoms with Gasteiger partial charge in [0.1, 0.15) is 0 Å². The van der Waals surface area contributed by atoms with Crippen molar-refractivity contribution in [2.24, 2.45) is 0 Å². The molecule has 1 aromatic heterocycles. The van der Waals surface area contributed by atoms with Gasteiger partial charge in [-0.05, 0) is 27.4 Å². The van der Waals surface area contributed by atoms with E-state index in [-0.39, 0.29) is 0 Å². The number of hydrogen-bond donors (Lipinski definition) is 0. The number of nitriles is 1. The molecule has 1 aromatic rings. The molecule has 0 saturated carbocycles. The van der Waals surface area contributed by atoms with E-state index in [4.69, 9.17) is 5.26 Å². The molecule has 1 nitrogen and oxygen atoms in total. The first kappa shape index (κ1) is 7.52. The molecule has 0 spiro atoms. The number of allylic oxidation sites excluding steroid dienone is 1. The Morgan fingerprint density at radius 2 is 2.40 bits per heavy atom. The molecule has 0 aliphatic carbocycles. The third kappa shape index (κ3) is 1.69. The monoisotopic (exact) mass is 213 g/mol. The molecule has 0 bridgehead atoms. The number of halogens is 1. The summed E-state index contributed by atoms with van der Waals surface area (Å²) in [4.78, 5) is 0. The van der Waals surface area contributed by atoms with Crippen LogP contribution in [0.4, 0.5) is 0 Å². The highest BCUT2D eigenvalue weighted by Crippen LogP contribution is 2.22. The minimum atomic E-state index is 1.05. The number of nitrogens with zero attached hydrogens (tertiary/aromatic N) is 1. The Morgan fingerprint density at radius 1 is 1.60 bits per heavy atom. The molecule has 0 atom stereocenters. The van der Waals surface area contributed by atoms with E-state index in [1.165, 1.54) is 6.08 Å². The SMILES string of the molecule is N#C/C=C/c1cscc1Br. The standard InChI is InChI=1S/C7H4BrNS/c8-7-5-10-4-6(7)2-1-3-9/h1-2,4-5H/b2-1+.